The van der Waals surface area contributed by atoms with E-state index in [4.69, 9.17) is 33.7 Å². The third-order valence-corrected chi connectivity index (χ3v) is 6.56. The highest BCUT2D eigenvalue weighted by molar-refractivity contribution is 6.36. The van der Waals surface area contributed by atoms with Crippen LogP contribution in [0.25, 0.3) is 11.1 Å². The first-order valence-corrected chi connectivity index (χ1v) is 12.2. The first kappa shape index (κ1) is 26.4. The number of rotatable bonds is 8. The van der Waals surface area contributed by atoms with Gasteiger partial charge in [-0.05, 0) is 48.4 Å². The second kappa shape index (κ2) is 11.6. The van der Waals surface area contributed by atoms with Crippen molar-refractivity contribution in [3.8, 4) is 16.9 Å². The first-order chi connectivity index (χ1) is 17.8. The molecule has 2 atom stereocenters. The molecule has 6 nitrogen and oxygen atoms in total. The van der Waals surface area contributed by atoms with Gasteiger partial charge in [-0.2, -0.15) is 0 Å². The molecule has 1 amide bonds. The van der Waals surface area contributed by atoms with Crippen molar-refractivity contribution in [3.63, 3.8) is 0 Å². The van der Waals surface area contributed by atoms with Crippen LogP contribution in [0.5, 0.6) is 5.75 Å². The summed E-state index contributed by atoms with van der Waals surface area (Å²) in [5.74, 6) is -0.496. The minimum Gasteiger partial charge on any atom is -0.482 e. The third kappa shape index (κ3) is 6.02. The number of carbonyl (C=O) groups is 1. The summed E-state index contributed by atoms with van der Waals surface area (Å²) in [7, 11) is 0. The molecule has 0 spiro atoms. The van der Waals surface area contributed by atoms with E-state index in [2.05, 4.69) is 10.3 Å². The van der Waals surface area contributed by atoms with Gasteiger partial charge in [-0.1, -0.05) is 65.7 Å². The quantitative estimate of drug-likeness (QED) is 0.226. The summed E-state index contributed by atoms with van der Waals surface area (Å²) >= 11 is 12.3. The van der Waals surface area contributed by atoms with Gasteiger partial charge >= 0.3 is 0 Å². The molecule has 0 saturated carbocycles. The van der Waals surface area contributed by atoms with Crippen molar-refractivity contribution < 1.29 is 19.0 Å². The highest BCUT2D eigenvalue weighted by atomic mass is 35.5. The normalized spacial score (nSPS) is 12.6. The summed E-state index contributed by atoms with van der Waals surface area (Å²) in [5.41, 5.74) is 9.03. The number of benzene rings is 3. The molecule has 4 rings (SSSR count). The van der Waals surface area contributed by atoms with E-state index in [0.29, 0.717) is 16.7 Å². The molecular formula is C28H24Cl2FN3O3. The molecule has 9 heteroatoms. The van der Waals surface area contributed by atoms with Crippen LogP contribution in [-0.4, -0.2) is 22.6 Å². The molecule has 0 aliphatic carbocycles. The Kier molecular flexibility index (Phi) is 8.28. The van der Waals surface area contributed by atoms with Crippen molar-refractivity contribution in [1.29, 1.82) is 0 Å². The highest BCUT2D eigenvalue weighted by Crippen LogP contribution is 2.37. The molecule has 4 N–H and O–H groups in total. The molecule has 4 aromatic rings. The van der Waals surface area contributed by atoms with Crippen molar-refractivity contribution in [2.24, 2.45) is 0 Å². The van der Waals surface area contributed by atoms with Crippen LogP contribution in [0.3, 0.4) is 0 Å². The number of nitrogens with two attached hydrogens (primary N) is 1. The van der Waals surface area contributed by atoms with Crippen LogP contribution in [0.4, 0.5) is 10.2 Å². The molecule has 1 heterocycles. The van der Waals surface area contributed by atoms with Crippen LogP contribution in [0.15, 0.2) is 79.0 Å². The summed E-state index contributed by atoms with van der Waals surface area (Å²) in [6.07, 6.45) is 0.881. The minimum absolute atomic E-state index is 0.118. The van der Waals surface area contributed by atoms with E-state index in [-0.39, 0.29) is 34.1 Å². The Bertz CT molecular complexity index is 1400. The fraction of sp³-hybridized carbons (Fsp3) is 0.143. The van der Waals surface area contributed by atoms with E-state index in [1.165, 1.54) is 12.1 Å². The van der Waals surface area contributed by atoms with Gasteiger partial charge in [0, 0.05) is 27.9 Å². The Morgan fingerprint density at radius 2 is 1.78 bits per heavy atom. The lowest BCUT2D eigenvalue weighted by molar-refractivity contribution is 0.0916. The molecule has 0 saturated heterocycles. The van der Waals surface area contributed by atoms with Crippen molar-refractivity contribution >= 4 is 34.9 Å². The van der Waals surface area contributed by atoms with Gasteiger partial charge in [-0.3, -0.25) is 4.79 Å². The van der Waals surface area contributed by atoms with Gasteiger partial charge in [0.1, 0.15) is 11.9 Å². The predicted molar refractivity (Wildman–Crippen MR) is 143 cm³/mol. The lowest BCUT2D eigenvalue weighted by Crippen LogP contribution is -2.30. The molecule has 190 valence electrons. The van der Waals surface area contributed by atoms with Gasteiger partial charge in [0.15, 0.2) is 11.6 Å². The highest BCUT2D eigenvalue weighted by Gasteiger charge is 2.20. The van der Waals surface area contributed by atoms with E-state index in [1.807, 2.05) is 30.3 Å². The van der Waals surface area contributed by atoms with E-state index < -0.39 is 18.0 Å². The number of nitrogen functional groups attached to an aromatic ring is 1. The molecule has 1 aromatic heterocycles. The number of aromatic nitrogens is 1. The van der Waals surface area contributed by atoms with Crippen LogP contribution in [-0.2, 0) is 0 Å². The largest absolute Gasteiger partial charge is 0.482 e. The summed E-state index contributed by atoms with van der Waals surface area (Å²) in [6.45, 7) is 1.46. The number of hydrogen-bond acceptors (Lipinski definition) is 5. The Morgan fingerprint density at radius 1 is 1.08 bits per heavy atom. The van der Waals surface area contributed by atoms with Crippen molar-refractivity contribution in [1.82, 2.24) is 10.3 Å². The smallest absolute Gasteiger partial charge is 0.251 e. The fourth-order valence-electron chi connectivity index (χ4n) is 3.85. The number of aliphatic hydroxyl groups is 1. The van der Waals surface area contributed by atoms with Gasteiger partial charge in [-0.25, -0.2) is 9.37 Å². The van der Waals surface area contributed by atoms with E-state index >= 15 is 0 Å². The molecule has 37 heavy (non-hydrogen) atoms. The summed E-state index contributed by atoms with van der Waals surface area (Å²) in [5, 5.41) is 12.7. The third-order valence-electron chi connectivity index (χ3n) is 5.84. The summed E-state index contributed by atoms with van der Waals surface area (Å²) < 4.78 is 19.9. The summed E-state index contributed by atoms with van der Waals surface area (Å²) in [6, 6.07) is 19.9. The number of ether oxygens (including phenoxy) is 1. The number of anilines is 1. The number of amides is 1. The van der Waals surface area contributed by atoms with Crippen molar-refractivity contribution in [2.45, 2.75) is 19.1 Å². The van der Waals surface area contributed by atoms with Gasteiger partial charge < -0.3 is 20.9 Å². The van der Waals surface area contributed by atoms with Gasteiger partial charge in [0.05, 0.1) is 17.7 Å². The van der Waals surface area contributed by atoms with Gasteiger partial charge in [0.25, 0.3) is 5.91 Å². The van der Waals surface area contributed by atoms with Crippen LogP contribution in [0.2, 0.25) is 10.0 Å². The molecule has 0 radical (unpaired) electrons. The molecule has 0 aliphatic heterocycles. The van der Waals surface area contributed by atoms with E-state index in [0.717, 1.165) is 11.1 Å². The Labute approximate surface area is 223 Å². The number of carbonyl (C=O) groups excluding carboxylic acids is 1. The summed E-state index contributed by atoms with van der Waals surface area (Å²) in [4.78, 5) is 17.0. The lowest BCUT2D eigenvalue weighted by Gasteiger charge is -2.19. The topological polar surface area (TPSA) is 97.5 Å². The van der Waals surface area contributed by atoms with Gasteiger partial charge in [0.2, 0.25) is 0 Å². The maximum absolute atomic E-state index is 14.0. The molecule has 1 unspecified atom stereocenters. The molecule has 0 fully saturated rings. The Balaban J connectivity index is 1.51. The van der Waals surface area contributed by atoms with E-state index in [1.54, 1.807) is 43.5 Å². The van der Waals surface area contributed by atoms with Crippen LogP contribution >= 0.6 is 23.2 Å². The molecular weight excluding hydrogens is 516 g/mol. The zero-order valence-electron chi connectivity index (χ0n) is 19.8. The van der Waals surface area contributed by atoms with E-state index in [9.17, 15) is 14.3 Å². The Morgan fingerprint density at radius 3 is 2.46 bits per heavy atom. The van der Waals surface area contributed by atoms with Crippen molar-refractivity contribution in [3.05, 3.63) is 112 Å². The number of hydrogen-bond donors (Lipinski definition) is 3. The zero-order chi connectivity index (χ0) is 26.5. The maximum atomic E-state index is 14.0. The molecule has 0 aliphatic rings. The SMILES string of the molecule is CC(Oc1cc(-c2ccc(C(=O)N[C@H](CO)c3ccccc3)cc2)cnc1N)c1c(Cl)ccc(F)c1Cl. The van der Waals surface area contributed by atoms with Crippen LogP contribution < -0.4 is 15.8 Å². The average molecular weight is 540 g/mol. The maximum Gasteiger partial charge on any atom is 0.251 e. The number of halogens is 3. The molecule has 3 aromatic carbocycles. The first-order valence-electron chi connectivity index (χ1n) is 11.4. The van der Waals surface area contributed by atoms with Gasteiger partial charge in [-0.15, -0.1) is 0 Å². The predicted octanol–water partition coefficient (Wildman–Crippen LogP) is 6.38. The van der Waals surface area contributed by atoms with Crippen LogP contribution in [0.1, 0.15) is 40.6 Å². The van der Waals surface area contributed by atoms with Crippen molar-refractivity contribution in [2.75, 3.05) is 12.3 Å². The minimum atomic E-state index is -0.704. The second-order valence-electron chi connectivity index (χ2n) is 8.32. The lowest BCUT2D eigenvalue weighted by atomic mass is 10.0. The average Bonchev–Trinajstić information content (AvgIpc) is 2.91. The van der Waals surface area contributed by atoms with Crippen LogP contribution in [0, 0.1) is 5.82 Å². The zero-order valence-corrected chi connectivity index (χ0v) is 21.3. The second-order valence-corrected chi connectivity index (χ2v) is 9.11. The standard InChI is InChI=1S/C28H24Cl2FN3O3/c1-16(25-21(29)11-12-22(31)26(25)30)37-24-13-20(14-33-27(24)32)17-7-9-19(10-8-17)28(36)34-23(15-35)18-5-3-2-4-6-18/h2-14,16,23,35H,15H2,1H3,(H2,32,33)(H,34,36)/t16?,23-/m1/s1. The number of nitrogens with one attached hydrogen (secondary N) is 1. The Hall–Kier alpha value is -3.65. The molecule has 0 bridgehead atoms. The number of nitrogens with zero attached hydrogens (tertiary/aromatic N) is 1. The monoisotopic (exact) mass is 539 g/mol. The number of pyridine rings is 1. The number of aliphatic hydroxyl groups excluding tert-OH is 1. The fourth-order valence-corrected chi connectivity index (χ4v) is 4.53.